The average molecular weight is 300 g/mol. The molecular formula is C15H19Cl2NO. The van der Waals surface area contributed by atoms with Gasteiger partial charge in [-0.15, -0.1) is 12.4 Å². The van der Waals surface area contributed by atoms with Gasteiger partial charge >= 0.3 is 0 Å². The van der Waals surface area contributed by atoms with E-state index in [0.29, 0.717) is 0 Å². The summed E-state index contributed by atoms with van der Waals surface area (Å²) in [6, 6.07) is 11.7. The minimum Gasteiger partial charge on any atom is -0.460 e. The van der Waals surface area contributed by atoms with Gasteiger partial charge in [0, 0.05) is 5.56 Å². The van der Waals surface area contributed by atoms with E-state index in [4.69, 9.17) is 16.0 Å². The Bertz CT molecular complexity index is 496. The highest BCUT2D eigenvalue weighted by atomic mass is 35.5. The summed E-state index contributed by atoms with van der Waals surface area (Å²) in [5, 5.41) is 4.08. The maximum atomic E-state index is 6.14. The third-order valence-electron chi connectivity index (χ3n) is 2.81. The van der Waals surface area contributed by atoms with Crippen molar-refractivity contribution in [2.24, 2.45) is 0 Å². The summed E-state index contributed by atoms with van der Waals surface area (Å²) < 4.78 is 5.78. The van der Waals surface area contributed by atoms with Crippen molar-refractivity contribution in [1.29, 1.82) is 0 Å². The molecule has 1 N–H and O–H groups in total. The van der Waals surface area contributed by atoms with Crippen molar-refractivity contribution < 1.29 is 4.42 Å². The topological polar surface area (TPSA) is 25.2 Å². The molecule has 0 atom stereocenters. The molecule has 19 heavy (non-hydrogen) atoms. The van der Waals surface area contributed by atoms with Crippen LogP contribution < -0.4 is 5.32 Å². The van der Waals surface area contributed by atoms with E-state index < -0.39 is 0 Å². The van der Waals surface area contributed by atoms with Gasteiger partial charge in [0.2, 0.25) is 0 Å². The molecule has 1 heterocycles. The van der Waals surface area contributed by atoms with E-state index in [2.05, 4.69) is 12.2 Å². The molecule has 0 aliphatic rings. The summed E-state index contributed by atoms with van der Waals surface area (Å²) in [5.41, 5.74) is 0.943. The average Bonchev–Trinajstić information content (AvgIpc) is 2.84. The van der Waals surface area contributed by atoms with Crippen molar-refractivity contribution >= 4 is 24.0 Å². The standard InChI is InChI=1S/C15H18ClNO.ClH/c1-2-3-10-17-11-12-8-9-15(18-12)13-6-4-5-7-14(13)16;/h4-9,17H,2-3,10-11H2,1H3;1H. The maximum absolute atomic E-state index is 6.14. The lowest BCUT2D eigenvalue weighted by Gasteiger charge is -2.02. The predicted octanol–water partition coefficient (Wildman–Crippen LogP) is 4.91. The first-order valence-electron chi connectivity index (χ1n) is 6.35. The Kier molecular flexibility index (Phi) is 7.00. The molecule has 0 saturated heterocycles. The number of unbranched alkanes of at least 4 members (excludes halogenated alkanes) is 1. The SMILES string of the molecule is CCCCNCc1ccc(-c2ccccc2Cl)o1.Cl. The highest BCUT2D eigenvalue weighted by molar-refractivity contribution is 6.33. The molecule has 2 rings (SSSR count). The van der Waals surface area contributed by atoms with Gasteiger partial charge in [0.15, 0.2) is 0 Å². The smallest absolute Gasteiger partial charge is 0.135 e. The van der Waals surface area contributed by atoms with E-state index in [1.165, 1.54) is 12.8 Å². The van der Waals surface area contributed by atoms with Crippen molar-refractivity contribution in [3.8, 4) is 11.3 Å². The number of rotatable bonds is 6. The van der Waals surface area contributed by atoms with Gasteiger partial charge in [0.05, 0.1) is 11.6 Å². The number of benzene rings is 1. The van der Waals surface area contributed by atoms with E-state index in [9.17, 15) is 0 Å². The van der Waals surface area contributed by atoms with Gasteiger partial charge in [-0.25, -0.2) is 0 Å². The Morgan fingerprint density at radius 2 is 1.95 bits per heavy atom. The van der Waals surface area contributed by atoms with Crippen molar-refractivity contribution in [3.63, 3.8) is 0 Å². The number of hydrogen-bond donors (Lipinski definition) is 1. The predicted molar refractivity (Wildman–Crippen MR) is 83.0 cm³/mol. The summed E-state index contributed by atoms with van der Waals surface area (Å²) in [6.45, 7) is 3.98. The molecule has 0 unspecified atom stereocenters. The van der Waals surface area contributed by atoms with E-state index in [1.807, 2.05) is 36.4 Å². The minimum atomic E-state index is 0. The fourth-order valence-corrected chi connectivity index (χ4v) is 2.02. The van der Waals surface area contributed by atoms with Crippen LogP contribution in [0.15, 0.2) is 40.8 Å². The minimum absolute atomic E-state index is 0. The van der Waals surface area contributed by atoms with Crippen LogP contribution in [-0.2, 0) is 6.54 Å². The van der Waals surface area contributed by atoms with Crippen LogP contribution in [-0.4, -0.2) is 6.54 Å². The molecule has 1 aromatic carbocycles. The number of halogens is 2. The van der Waals surface area contributed by atoms with Crippen LogP contribution in [0.5, 0.6) is 0 Å². The van der Waals surface area contributed by atoms with Gasteiger partial charge in [-0.05, 0) is 37.2 Å². The Balaban J connectivity index is 0.00000180. The number of nitrogens with one attached hydrogen (secondary N) is 1. The second-order valence-electron chi connectivity index (χ2n) is 4.28. The van der Waals surface area contributed by atoms with Gasteiger partial charge < -0.3 is 9.73 Å². The monoisotopic (exact) mass is 299 g/mol. The van der Waals surface area contributed by atoms with Crippen LogP contribution in [0.3, 0.4) is 0 Å². The Labute approximate surface area is 125 Å². The first-order chi connectivity index (χ1) is 8.81. The van der Waals surface area contributed by atoms with E-state index >= 15 is 0 Å². The number of furan rings is 1. The zero-order valence-electron chi connectivity index (χ0n) is 11.0. The molecule has 0 aliphatic carbocycles. The summed E-state index contributed by atoms with van der Waals surface area (Å²) >= 11 is 6.14. The quantitative estimate of drug-likeness (QED) is 0.767. The normalized spacial score (nSPS) is 10.2. The highest BCUT2D eigenvalue weighted by Crippen LogP contribution is 2.28. The van der Waals surface area contributed by atoms with Crippen LogP contribution in [0.4, 0.5) is 0 Å². The van der Waals surface area contributed by atoms with Gasteiger partial charge in [0.25, 0.3) is 0 Å². The van der Waals surface area contributed by atoms with Gasteiger partial charge in [-0.2, -0.15) is 0 Å². The van der Waals surface area contributed by atoms with Crippen molar-refractivity contribution in [3.05, 3.63) is 47.2 Å². The number of hydrogen-bond acceptors (Lipinski definition) is 2. The molecule has 0 bridgehead atoms. The van der Waals surface area contributed by atoms with Crippen LogP contribution in [0.2, 0.25) is 5.02 Å². The second kappa shape index (κ2) is 8.26. The molecule has 2 nitrogen and oxygen atoms in total. The lowest BCUT2D eigenvalue weighted by atomic mass is 10.2. The van der Waals surface area contributed by atoms with Crippen LogP contribution >= 0.6 is 24.0 Å². The van der Waals surface area contributed by atoms with E-state index in [0.717, 1.165) is 35.2 Å². The third-order valence-corrected chi connectivity index (χ3v) is 3.14. The Morgan fingerprint density at radius 3 is 2.68 bits per heavy atom. The largest absolute Gasteiger partial charge is 0.460 e. The Morgan fingerprint density at radius 1 is 1.16 bits per heavy atom. The molecular weight excluding hydrogens is 281 g/mol. The fourth-order valence-electron chi connectivity index (χ4n) is 1.79. The van der Waals surface area contributed by atoms with Crippen LogP contribution in [0, 0.1) is 0 Å². The summed E-state index contributed by atoms with van der Waals surface area (Å²) in [5.74, 6) is 1.77. The van der Waals surface area contributed by atoms with Crippen LogP contribution in [0.1, 0.15) is 25.5 Å². The van der Waals surface area contributed by atoms with Crippen molar-refractivity contribution in [2.45, 2.75) is 26.3 Å². The van der Waals surface area contributed by atoms with Gasteiger partial charge in [-0.3, -0.25) is 0 Å². The molecule has 0 saturated carbocycles. The summed E-state index contributed by atoms with van der Waals surface area (Å²) in [7, 11) is 0. The molecule has 1 aromatic heterocycles. The molecule has 0 spiro atoms. The molecule has 0 radical (unpaired) electrons. The third kappa shape index (κ3) is 4.57. The van der Waals surface area contributed by atoms with Gasteiger partial charge in [0.1, 0.15) is 11.5 Å². The first kappa shape index (κ1) is 16.1. The highest BCUT2D eigenvalue weighted by Gasteiger charge is 2.07. The summed E-state index contributed by atoms with van der Waals surface area (Å²) in [6.07, 6.45) is 2.40. The lowest BCUT2D eigenvalue weighted by molar-refractivity contribution is 0.490. The molecule has 0 amide bonds. The second-order valence-corrected chi connectivity index (χ2v) is 4.68. The Hall–Kier alpha value is -0.960. The maximum Gasteiger partial charge on any atom is 0.135 e. The zero-order chi connectivity index (χ0) is 12.8. The first-order valence-corrected chi connectivity index (χ1v) is 6.73. The molecule has 4 heteroatoms. The fraction of sp³-hybridized carbons (Fsp3) is 0.333. The van der Waals surface area contributed by atoms with E-state index in [1.54, 1.807) is 0 Å². The zero-order valence-corrected chi connectivity index (χ0v) is 12.6. The van der Waals surface area contributed by atoms with E-state index in [-0.39, 0.29) is 12.4 Å². The molecule has 0 fully saturated rings. The van der Waals surface area contributed by atoms with Crippen molar-refractivity contribution in [2.75, 3.05) is 6.54 Å². The molecule has 104 valence electrons. The molecule has 0 aliphatic heterocycles. The molecule has 2 aromatic rings. The lowest BCUT2D eigenvalue weighted by Crippen LogP contribution is -2.13. The van der Waals surface area contributed by atoms with Crippen molar-refractivity contribution in [1.82, 2.24) is 5.32 Å². The van der Waals surface area contributed by atoms with Crippen LogP contribution in [0.25, 0.3) is 11.3 Å². The summed E-state index contributed by atoms with van der Waals surface area (Å²) in [4.78, 5) is 0. The van der Waals surface area contributed by atoms with Gasteiger partial charge in [-0.1, -0.05) is 37.1 Å².